The van der Waals surface area contributed by atoms with Gasteiger partial charge in [0, 0.05) is 25.9 Å². The summed E-state index contributed by atoms with van der Waals surface area (Å²) in [4.78, 5) is 25.5. The summed E-state index contributed by atoms with van der Waals surface area (Å²) >= 11 is 0. The van der Waals surface area contributed by atoms with Crippen LogP contribution in [0.25, 0.3) is 0 Å². The van der Waals surface area contributed by atoms with Gasteiger partial charge in [0.15, 0.2) is 0 Å². The first-order chi connectivity index (χ1) is 10.1. The predicted octanol–water partition coefficient (Wildman–Crippen LogP) is 2.31. The molecule has 0 spiro atoms. The van der Waals surface area contributed by atoms with Crippen LogP contribution in [0.5, 0.6) is 0 Å². The number of hydrogen-bond donors (Lipinski definition) is 1. The summed E-state index contributed by atoms with van der Waals surface area (Å²) < 4.78 is 0. The van der Waals surface area contributed by atoms with E-state index in [1.165, 1.54) is 12.5 Å². The SMILES string of the molecule is CC[C@H](CNC(=O)[C@@H]1CCCN1C(C)=O)c1ccccc1. The number of benzene rings is 1. The van der Waals surface area contributed by atoms with Gasteiger partial charge < -0.3 is 10.2 Å². The summed E-state index contributed by atoms with van der Waals surface area (Å²) in [5, 5.41) is 3.03. The van der Waals surface area contributed by atoms with E-state index in [4.69, 9.17) is 0 Å². The molecule has 0 radical (unpaired) electrons. The fourth-order valence-corrected chi connectivity index (χ4v) is 2.98. The molecule has 1 aliphatic heterocycles. The number of amides is 2. The van der Waals surface area contributed by atoms with Gasteiger partial charge in [-0.05, 0) is 24.8 Å². The summed E-state index contributed by atoms with van der Waals surface area (Å²) in [6.07, 6.45) is 2.66. The van der Waals surface area contributed by atoms with Crippen LogP contribution in [-0.2, 0) is 9.59 Å². The molecule has 0 aromatic heterocycles. The van der Waals surface area contributed by atoms with Gasteiger partial charge in [0.2, 0.25) is 11.8 Å². The molecule has 0 unspecified atom stereocenters. The van der Waals surface area contributed by atoms with Crippen molar-refractivity contribution < 1.29 is 9.59 Å². The van der Waals surface area contributed by atoms with Gasteiger partial charge >= 0.3 is 0 Å². The maximum Gasteiger partial charge on any atom is 0.242 e. The van der Waals surface area contributed by atoms with Gasteiger partial charge in [-0.2, -0.15) is 0 Å². The number of hydrogen-bond acceptors (Lipinski definition) is 2. The van der Waals surface area contributed by atoms with E-state index >= 15 is 0 Å². The van der Waals surface area contributed by atoms with Crippen LogP contribution in [0.3, 0.4) is 0 Å². The average molecular weight is 288 g/mol. The van der Waals surface area contributed by atoms with Crippen molar-refractivity contribution in [3.8, 4) is 0 Å². The molecule has 0 bridgehead atoms. The van der Waals surface area contributed by atoms with Crippen molar-refractivity contribution >= 4 is 11.8 Å². The van der Waals surface area contributed by atoms with E-state index in [-0.39, 0.29) is 17.9 Å². The fourth-order valence-electron chi connectivity index (χ4n) is 2.98. The maximum absolute atomic E-state index is 12.3. The van der Waals surface area contributed by atoms with Gasteiger partial charge in [-0.25, -0.2) is 0 Å². The van der Waals surface area contributed by atoms with E-state index in [1.807, 2.05) is 18.2 Å². The molecule has 114 valence electrons. The number of rotatable bonds is 5. The lowest BCUT2D eigenvalue weighted by atomic mass is 9.96. The Labute approximate surface area is 126 Å². The summed E-state index contributed by atoms with van der Waals surface area (Å²) in [6.45, 7) is 4.98. The molecule has 1 aromatic carbocycles. The number of nitrogens with one attached hydrogen (secondary N) is 1. The highest BCUT2D eigenvalue weighted by atomic mass is 16.2. The van der Waals surface area contributed by atoms with E-state index < -0.39 is 0 Å². The Morgan fingerprint density at radius 2 is 2.05 bits per heavy atom. The molecular weight excluding hydrogens is 264 g/mol. The molecule has 4 nitrogen and oxygen atoms in total. The first kappa shape index (κ1) is 15.5. The lowest BCUT2D eigenvalue weighted by Gasteiger charge is -2.24. The Morgan fingerprint density at radius 1 is 1.33 bits per heavy atom. The Bertz CT molecular complexity index is 487. The van der Waals surface area contributed by atoms with Crippen LogP contribution in [0, 0.1) is 0 Å². The van der Waals surface area contributed by atoms with Crippen molar-refractivity contribution in [2.45, 2.75) is 45.1 Å². The second-order valence-corrected chi connectivity index (χ2v) is 5.63. The van der Waals surface area contributed by atoms with Crippen molar-refractivity contribution in [3.63, 3.8) is 0 Å². The van der Waals surface area contributed by atoms with Gasteiger partial charge in [-0.15, -0.1) is 0 Å². The van der Waals surface area contributed by atoms with E-state index in [0.717, 1.165) is 19.3 Å². The molecule has 0 aliphatic carbocycles. The number of carbonyl (C=O) groups excluding carboxylic acids is 2. The van der Waals surface area contributed by atoms with Gasteiger partial charge in [-0.1, -0.05) is 37.3 Å². The molecule has 1 aromatic rings. The Kier molecular flexibility index (Phi) is 5.37. The van der Waals surface area contributed by atoms with E-state index in [2.05, 4.69) is 24.4 Å². The van der Waals surface area contributed by atoms with Crippen LogP contribution < -0.4 is 5.32 Å². The van der Waals surface area contributed by atoms with Crippen LogP contribution in [0.1, 0.15) is 44.6 Å². The molecule has 1 N–H and O–H groups in total. The van der Waals surface area contributed by atoms with Gasteiger partial charge in [0.05, 0.1) is 0 Å². The molecule has 1 heterocycles. The highest BCUT2D eigenvalue weighted by molar-refractivity contribution is 5.87. The monoisotopic (exact) mass is 288 g/mol. The van der Waals surface area contributed by atoms with Crippen molar-refractivity contribution in [1.82, 2.24) is 10.2 Å². The molecule has 2 atom stereocenters. The Morgan fingerprint density at radius 3 is 2.67 bits per heavy atom. The van der Waals surface area contributed by atoms with Crippen LogP contribution in [0.4, 0.5) is 0 Å². The van der Waals surface area contributed by atoms with Gasteiger partial charge in [-0.3, -0.25) is 9.59 Å². The average Bonchev–Trinajstić information content (AvgIpc) is 2.98. The molecule has 1 aliphatic rings. The summed E-state index contributed by atoms with van der Waals surface area (Å²) in [5.74, 6) is 0.294. The summed E-state index contributed by atoms with van der Waals surface area (Å²) in [7, 11) is 0. The van der Waals surface area contributed by atoms with Crippen LogP contribution in [0.2, 0.25) is 0 Å². The summed E-state index contributed by atoms with van der Waals surface area (Å²) in [5.41, 5.74) is 1.25. The first-order valence-electron chi connectivity index (χ1n) is 7.73. The fraction of sp³-hybridized carbons (Fsp3) is 0.529. The Balaban J connectivity index is 1.92. The normalized spacial score (nSPS) is 19.3. The minimum atomic E-state index is -0.282. The van der Waals surface area contributed by atoms with E-state index in [1.54, 1.807) is 4.90 Å². The molecular formula is C17H24N2O2. The molecule has 1 fully saturated rings. The van der Waals surface area contributed by atoms with Gasteiger partial charge in [0.1, 0.15) is 6.04 Å². The zero-order valence-electron chi connectivity index (χ0n) is 12.8. The van der Waals surface area contributed by atoms with Crippen molar-refractivity contribution in [2.24, 2.45) is 0 Å². The second-order valence-electron chi connectivity index (χ2n) is 5.63. The lowest BCUT2D eigenvalue weighted by Crippen LogP contribution is -2.46. The topological polar surface area (TPSA) is 49.4 Å². The minimum absolute atomic E-state index is 0.0113. The van der Waals surface area contributed by atoms with Gasteiger partial charge in [0.25, 0.3) is 0 Å². The van der Waals surface area contributed by atoms with E-state index in [9.17, 15) is 9.59 Å². The molecule has 0 saturated carbocycles. The third kappa shape index (κ3) is 3.84. The quantitative estimate of drug-likeness (QED) is 0.904. The number of nitrogens with zero attached hydrogens (tertiary/aromatic N) is 1. The zero-order valence-corrected chi connectivity index (χ0v) is 12.8. The molecule has 2 amide bonds. The highest BCUT2D eigenvalue weighted by Gasteiger charge is 2.32. The van der Waals surface area contributed by atoms with Crippen molar-refractivity contribution in [1.29, 1.82) is 0 Å². The summed E-state index contributed by atoms with van der Waals surface area (Å²) in [6, 6.07) is 9.95. The second kappa shape index (κ2) is 7.25. The Hall–Kier alpha value is -1.84. The van der Waals surface area contributed by atoms with Crippen LogP contribution in [0.15, 0.2) is 30.3 Å². The van der Waals surface area contributed by atoms with Crippen molar-refractivity contribution in [2.75, 3.05) is 13.1 Å². The zero-order chi connectivity index (χ0) is 15.2. The first-order valence-corrected chi connectivity index (χ1v) is 7.73. The minimum Gasteiger partial charge on any atom is -0.354 e. The highest BCUT2D eigenvalue weighted by Crippen LogP contribution is 2.20. The predicted molar refractivity (Wildman–Crippen MR) is 82.9 cm³/mol. The van der Waals surface area contributed by atoms with Crippen LogP contribution in [-0.4, -0.2) is 35.8 Å². The molecule has 2 rings (SSSR count). The number of carbonyl (C=O) groups is 2. The van der Waals surface area contributed by atoms with Crippen molar-refractivity contribution in [3.05, 3.63) is 35.9 Å². The third-order valence-electron chi connectivity index (χ3n) is 4.25. The maximum atomic E-state index is 12.3. The standard InChI is InChI=1S/C17H24N2O2/c1-3-14(15-8-5-4-6-9-15)12-18-17(21)16-10-7-11-19(16)13(2)20/h4-6,8-9,14,16H,3,7,10-12H2,1-2H3,(H,18,21)/t14-,16+/m1/s1. The van der Waals surface area contributed by atoms with Crippen LogP contribution >= 0.6 is 0 Å². The number of likely N-dealkylation sites (tertiary alicyclic amines) is 1. The lowest BCUT2D eigenvalue weighted by molar-refractivity contribution is -0.136. The molecule has 21 heavy (non-hydrogen) atoms. The smallest absolute Gasteiger partial charge is 0.242 e. The molecule has 1 saturated heterocycles. The van der Waals surface area contributed by atoms with E-state index in [0.29, 0.717) is 19.0 Å². The largest absolute Gasteiger partial charge is 0.354 e. The molecule has 4 heteroatoms. The third-order valence-corrected chi connectivity index (χ3v) is 4.25.